The molecule has 1 aliphatic heterocycles. The van der Waals surface area contributed by atoms with Gasteiger partial charge in [0.2, 0.25) is 0 Å². The van der Waals surface area contributed by atoms with Crippen LogP contribution in [0.2, 0.25) is 0 Å². The number of para-hydroxylation sites is 1. The highest BCUT2D eigenvalue weighted by atomic mass is 16.5. The second kappa shape index (κ2) is 9.00. The fourth-order valence-corrected chi connectivity index (χ4v) is 3.70. The molecule has 7 nitrogen and oxygen atoms in total. The molecule has 0 aliphatic carbocycles. The first-order chi connectivity index (χ1) is 14.4. The Morgan fingerprint density at radius 2 is 1.73 bits per heavy atom. The van der Waals surface area contributed by atoms with Gasteiger partial charge in [0.05, 0.1) is 32.4 Å². The van der Waals surface area contributed by atoms with Gasteiger partial charge >= 0.3 is 0 Å². The minimum atomic E-state index is -0.793. The number of benzene rings is 2. The quantitative estimate of drug-likeness (QED) is 0.428. The Hall–Kier alpha value is -3.32. The zero-order valence-corrected chi connectivity index (χ0v) is 17.5. The monoisotopic (exact) mass is 411 g/mol. The van der Waals surface area contributed by atoms with E-state index in [-0.39, 0.29) is 24.5 Å². The van der Waals surface area contributed by atoms with Crippen LogP contribution in [0.4, 0.5) is 0 Å². The van der Waals surface area contributed by atoms with Crippen LogP contribution in [0.5, 0.6) is 11.5 Å². The maximum absolute atomic E-state index is 13.0. The minimum absolute atomic E-state index is 0.0187. The van der Waals surface area contributed by atoms with Crippen LogP contribution in [0.1, 0.15) is 22.7 Å². The molecule has 0 aromatic heterocycles. The van der Waals surface area contributed by atoms with E-state index in [1.165, 1.54) is 19.1 Å². The van der Waals surface area contributed by atoms with E-state index < -0.39 is 17.7 Å². The molecule has 1 unspecified atom stereocenters. The molecule has 0 bridgehead atoms. The standard InChI is InChI=1S/C23H25NO6/c1-14-13-15(9-10-17(14)29-3)21(25)19-20(16-7-5-6-8-18(16)30-4)24(11-12-28-2)23(27)22(19)26/h5-10,13,20,25H,11-12H2,1-4H3/b21-19+. The van der Waals surface area contributed by atoms with Gasteiger partial charge in [0.1, 0.15) is 17.3 Å². The third kappa shape index (κ3) is 3.76. The van der Waals surface area contributed by atoms with E-state index in [1.807, 2.05) is 6.92 Å². The molecule has 1 fully saturated rings. The van der Waals surface area contributed by atoms with Crippen molar-refractivity contribution in [3.63, 3.8) is 0 Å². The number of hydrogen-bond donors (Lipinski definition) is 1. The molecule has 30 heavy (non-hydrogen) atoms. The summed E-state index contributed by atoms with van der Waals surface area (Å²) in [6.45, 7) is 2.28. The molecule has 1 N–H and O–H groups in total. The van der Waals surface area contributed by atoms with E-state index in [1.54, 1.807) is 49.6 Å². The van der Waals surface area contributed by atoms with Crippen LogP contribution in [0, 0.1) is 6.92 Å². The Morgan fingerprint density at radius 1 is 1.03 bits per heavy atom. The fourth-order valence-electron chi connectivity index (χ4n) is 3.70. The summed E-state index contributed by atoms with van der Waals surface area (Å²) in [6.07, 6.45) is 0. The third-order valence-corrected chi connectivity index (χ3v) is 5.18. The van der Waals surface area contributed by atoms with Crippen molar-refractivity contribution in [1.29, 1.82) is 0 Å². The van der Waals surface area contributed by atoms with Crippen LogP contribution < -0.4 is 9.47 Å². The molecule has 0 radical (unpaired) electrons. The number of ether oxygens (including phenoxy) is 3. The average Bonchev–Trinajstić information content (AvgIpc) is 3.01. The molecule has 3 rings (SSSR count). The summed E-state index contributed by atoms with van der Waals surface area (Å²) >= 11 is 0. The van der Waals surface area contributed by atoms with Gasteiger partial charge in [0.15, 0.2) is 0 Å². The Labute approximate surface area is 175 Å². The van der Waals surface area contributed by atoms with Gasteiger partial charge in [-0.25, -0.2) is 0 Å². The SMILES string of the molecule is COCCN1C(=O)C(=O)/C(=C(/O)c2ccc(OC)c(C)c2)C1c1ccccc1OC. The van der Waals surface area contributed by atoms with Gasteiger partial charge in [-0.1, -0.05) is 18.2 Å². The molecule has 1 saturated heterocycles. The summed E-state index contributed by atoms with van der Waals surface area (Å²) in [4.78, 5) is 27.2. The van der Waals surface area contributed by atoms with Crippen LogP contribution in [0.15, 0.2) is 48.0 Å². The van der Waals surface area contributed by atoms with E-state index in [2.05, 4.69) is 0 Å². The first-order valence-corrected chi connectivity index (χ1v) is 9.49. The van der Waals surface area contributed by atoms with E-state index in [9.17, 15) is 14.7 Å². The first-order valence-electron chi connectivity index (χ1n) is 9.49. The number of ketones is 1. The zero-order chi connectivity index (χ0) is 21.8. The first kappa shape index (κ1) is 21.4. The van der Waals surface area contributed by atoms with Crippen molar-refractivity contribution in [2.45, 2.75) is 13.0 Å². The van der Waals surface area contributed by atoms with Gasteiger partial charge in [-0.3, -0.25) is 9.59 Å². The summed E-state index contributed by atoms with van der Waals surface area (Å²) in [7, 11) is 4.60. The lowest BCUT2D eigenvalue weighted by Gasteiger charge is -2.26. The number of carbonyl (C=O) groups excluding carboxylic acids is 2. The lowest BCUT2D eigenvalue weighted by molar-refractivity contribution is -0.140. The second-order valence-electron chi connectivity index (χ2n) is 6.91. The number of carbonyl (C=O) groups is 2. The van der Waals surface area contributed by atoms with Crippen molar-refractivity contribution in [1.82, 2.24) is 4.90 Å². The molecule has 158 valence electrons. The molecule has 1 amide bonds. The predicted molar refractivity (Wildman–Crippen MR) is 112 cm³/mol. The van der Waals surface area contributed by atoms with Gasteiger partial charge < -0.3 is 24.2 Å². The summed E-state index contributed by atoms with van der Waals surface area (Å²) in [5.41, 5.74) is 1.86. The fraction of sp³-hybridized carbons (Fsp3) is 0.304. The highest BCUT2D eigenvalue weighted by Gasteiger charge is 2.46. The van der Waals surface area contributed by atoms with Crippen molar-refractivity contribution in [3.8, 4) is 11.5 Å². The van der Waals surface area contributed by atoms with Gasteiger partial charge in [-0.2, -0.15) is 0 Å². The molecular weight excluding hydrogens is 386 g/mol. The van der Waals surface area contributed by atoms with Crippen LogP contribution in [-0.4, -0.2) is 56.2 Å². The molecule has 0 spiro atoms. The van der Waals surface area contributed by atoms with Crippen molar-refractivity contribution >= 4 is 17.4 Å². The normalized spacial score (nSPS) is 18.0. The Bertz CT molecular complexity index is 997. The van der Waals surface area contributed by atoms with Gasteiger partial charge in [-0.05, 0) is 36.8 Å². The molecule has 1 atom stereocenters. The summed E-state index contributed by atoms with van der Waals surface area (Å²) < 4.78 is 15.9. The van der Waals surface area contributed by atoms with E-state index in [4.69, 9.17) is 14.2 Å². The number of methoxy groups -OCH3 is 3. The van der Waals surface area contributed by atoms with Crippen molar-refractivity contribution < 1.29 is 28.9 Å². The number of aliphatic hydroxyl groups is 1. The summed E-state index contributed by atoms with van der Waals surface area (Å²) in [6, 6.07) is 11.4. The lowest BCUT2D eigenvalue weighted by Crippen LogP contribution is -2.32. The topological polar surface area (TPSA) is 85.3 Å². The smallest absolute Gasteiger partial charge is 0.295 e. The number of amides is 1. The molecule has 1 aliphatic rings. The van der Waals surface area contributed by atoms with Crippen LogP contribution in [-0.2, 0) is 14.3 Å². The molecule has 1 heterocycles. The number of Topliss-reactive ketones (excluding diaryl/α,β-unsaturated/α-hetero) is 1. The summed E-state index contributed by atoms with van der Waals surface area (Å²) in [5, 5.41) is 11.1. The molecule has 0 saturated carbocycles. The predicted octanol–water partition coefficient (Wildman–Crippen LogP) is 3.08. The Balaban J connectivity index is 2.21. The average molecular weight is 411 g/mol. The molecule has 2 aromatic carbocycles. The number of hydrogen-bond acceptors (Lipinski definition) is 6. The van der Waals surface area contributed by atoms with Crippen molar-refractivity contribution in [3.05, 3.63) is 64.7 Å². The maximum atomic E-state index is 13.0. The highest BCUT2D eigenvalue weighted by Crippen LogP contribution is 2.42. The third-order valence-electron chi connectivity index (χ3n) is 5.18. The second-order valence-corrected chi connectivity index (χ2v) is 6.91. The van der Waals surface area contributed by atoms with Crippen LogP contribution in [0.3, 0.4) is 0 Å². The Morgan fingerprint density at radius 3 is 2.37 bits per heavy atom. The molecular formula is C23H25NO6. The number of nitrogens with zero attached hydrogens (tertiary/aromatic N) is 1. The number of likely N-dealkylation sites (tertiary alicyclic amines) is 1. The van der Waals surface area contributed by atoms with Gasteiger partial charge in [0, 0.05) is 24.8 Å². The lowest BCUT2D eigenvalue weighted by atomic mass is 9.94. The Kier molecular flexibility index (Phi) is 6.42. The molecule has 7 heteroatoms. The minimum Gasteiger partial charge on any atom is -0.507 e. The largest absolute Gasteiger partial charge is 0.507 e. The number of rotatable bonds is 7. The van der Waals surface area contributed by atoms with Crippen molar-refractivity contribution in [2.24, 2.45) is 0 Å². The van der Waals surface area contributed by atoms with E-state index in [0.29, 0.717) is 22.6 Å². The van der Waals surface area contributed by atoms with Gasteiger partial charge in [-0.15, -0.1) is 0 Å². The number of aliphatic hydroxyl groups excluding tert-OH is 1. The van der Waals surface area contributed by atoms with E-state index in [0.717, 1.165) is 5.56 Å². The highest BCUT2D eigenvalue weighted by molar-refractivity contribution is 6.46. The number of aryl methyl sites for hydroxylation is 1. The van der Waals surface area contributed by atoms with Gasteiger partial charge in [0.25, 0.3) is 11.7 Å². The molecule has 2 aromatic rings. The van der Waals surface area contributed by atoms with Crippen LogP contribution in [0.25, 0.3) is 5.76 Å². The zero-order valence-electron chi connectivity index (χ0n) is 17.5. The van der Waals surface area contributed by atoms with E-state index >= 15 is 0 Å². The summed E-state index contributed by atoms with van der Waals surface area (Å²) in [5.74, 6) is -0.491. The maximum Gasteiger partial charge on any atom is 0.295 e. The van der Waals surface area contributed by atoms with Crippen LogP contribution >= 0.6 is 0 Å². The van der Waals surface area contributed by atoms with Crippen molar-refractivity contribution in [2.75, 3.05) is 34.5 Å².